The zero-order valence-electron chi connectivity index (χ0n) is 10.1. The molecule has 0 saturated carbocycles. The van der Waals surface area contributed by atoms with E-state index in [1.807, 2.05) is 6.07 Å². The third kappa shape index (κ3) is 2.89. The SMILES string of the molecule is N#Cc1nc(N2CCC(C(F)(F)F)CC2)ccc1N. The summed E-state index contributed by atoms with van der Waals surface area (Å²) in [6.45, 7) is 0.567. The first kappa shape index (κ1) is 13.5. The minimum absolute atomic E-state index is 0.0530. The van der Waals surface area contributed by atoms with Gasteiger partial charge in [-0.05, 0) is 25.0 Å². The summed E-state index contributed by atoms with van der Waals surface area (Å²) in [7, 11) is 0. The Morgan fingerprint density at radius 3 is 2.47 bits per heavy atom. The van der Waals surface area contributed by atoms with E-state index >= 15 is 0 Å². The summed E-state index contributed by atoms with van der Waals surface area (Å²) in [5.74, 6) is -0.737. The van der Waals surface area contributed by atoms with Crippen LogP contribution in [-0.2, 0) is 0 Å². The molecule has 2 N–H and O–H groups in total. The molecular formula is C12H13F3N4. The second-order valence-electron chi connectivity index (χ2n) is 4.52. The monoisotopic (exact) mass is 270 g/mol. The number of rotatable bonds is 1. The number of aromatic nitrogens is 1. The lowest BCUT2D eigenvalue weighted by Crippen LogP contribution is -2.39. The molecule has 1 saturated heterocycles. The fourth-order valence-electron chi connectivity index (χ4n) is 2.16. The average molecular weight is 270 g/mol. The van der Waals surface area contributed by atoms with E-state index in [0.717, 1.165) is 0 Å². The molecule has 1 aliphatic heterocycles. The number of nitriles is 1. The molecule has 0 aromatic carbocycles. The minimum Gasteiger partial charge on any atom is -0.396 e. The van der Waals surface area contributed by atoms with Crippen LogP contribution < -0.4 is 10.6 Å². The maximum absolute atomic E-state index is 12.5. The van der Waals surface area contributed by atoms with Gasteiger partial charge < -0.3 is 10.6 Å². The average Bonchev–Trinajstić information content (AvgIpc) is 2.38. The lowest BCUT2D eigenvalue weighted by Gasteiger charge is -2.33. The van der Waals surface area contributed by atoms with E-state index < -0.39 is 12.1 Å². The van der Waals surface area contributed by atoms with Gasteiger partial charge in [0.2, 0.25) is 0 Å². The predicted molar refractivity (Wildman–Crippen MR) is 64.4 cm³/mol. The van der Waals surface area contributed by atoms with Crippen molar-refractivity contribution in [3.63, 3.8) is 0 Å². The number of anilines is 2. The smallest absolute Gasteiger partial charge is 0.391 e. The zero-order valence-corrected chi connectivity index (χ0v) is 10.1. The van der Waals surface area contributed by atoms with Crippen molar-refractivity contribution >= 4 is 11.5 Å². The van der Waals surface area contributed by atoms with Crippen LogP contribution in [0.15, 0.2) is 12.1 Å². The van der Waals surface area contributed by atoms with Crippen molar-refractivity contribution in [2.45, 2.75) is 19.0 Å². The number of hydrogen-bond acceptors (Lipinski definition) is 4. The van der Waals surface area contributed by atoms with Gasteiger partial charge in [0, 0.05) is 13.1 Å². The molecule has 0 aliphatic carbocycles. The molecule has 1 aromatic heterocycles. The van der Waals surface area contributed by atoms with Crippen molar-refractivity contribution in [3.8, 4) is 6.07 Å². The van der Waals surface area contributed by atoms with Crippen molar-refractivity contribution in [2.24, 2.45) is 5.92 Å². The number of hydrogen-bond donors (Lipinski definition) is 1. The molecule has 0 spiro atoms. The fraction of sp³-hybridized carbons (Fsp3) is 0.500. The van der Waals surface area contributed by atoms with Crippen molar-refractivity contribution < 1.29 is 13.2 Å². The second kappa shape index (κ2) is 4.96. The van der Waals surface area contributed by atoms with Gasteiger partial charge in [-0.1, -0.05) is 0 Å². The van der Waals surface area contributed by atoms with E-state index in [-0.39, 0.29) is 37.3 Å². The highest BCUT2D eigenvalue weighted by Gasteiger charge is 2.41. The van der Waals surface area contributed by atoms with Crippen LogP contribution in [0.4, 0.5) is 24.7 Å². The van der Waals surface area contributed by atoms with Gasteiger partial charge >= 0.3 is 6.18 Å². The molecule has 0 atom stereocenters. The van der Waals surface area contributed by atoms with E-state index in [0.29, 0.717) is 5.82 Å². The van der Waals surface area contributed by atoms with Crippen LogP contribution in [0.25, 0.3) is 0 Å². The van der Waals surface area contributed by atoms with Gasteiger partial charge in [-0.15, -0.1) is 0 Å². The van der Waals surface area contributed by atoms with Crippen LogP contribution in [0.1, 0.15) is 18.5 Å². The Bertz CT molecular complexity index is 499. The Balaban J connectivity index is 2.08. The third-order valence-electron chi connectivity index (χ3n) is 3.30. The maximum Gasteiger partial charge on any atom is 0.391 e. The molecule has 0 unspecified atom stereocenters. The Morgan fingerprint density at radius 1 is 1.32 bits per heavy atom. The molecule has 1 fully saturated rings. The first-order chi connectivity index (χ1) is 8.91. The first-order valence-electron chi connectivity index (χ1n) is 5.90. The number of alkyl halides is 3. The van der Waals surface area contributed by atoms with Gasteiger partial charge in [0.1, 0.15) is 11.9 Å². The van der Waals surface area contributed by atoms with Crippen molar-refractivity contribution in [1.29, 1.82) is 5.26 Å². The van der Waals surface area contributed by atoms with Gasteiger partial charge in [-0.2, -0.15) is 18.4 Å². The van der Waals surface area contributed by atoms with Gasteiger partial charge in [0.15, 0.2) is 5.69 Å². The van der Waals surface area contributed by atoms with Crippen LogP contribution in [0.3, 0.4) is 0 Å². The summed E-state index contributed by atoms with van der Waals surface area (Å²) in [5, 5.41) is 8.83. The second-order valence-corrected chi connectivity index (χ2v) is 4.52. The Kier molecular flexibility index (Phi) is 3.51. The van der Waals surface area contributed by atoms with Gasteiger partial charge in [-0.25, -0.2) is 4.98 Å². The molecule has 2 rings (SSSR count). The largest absolute Gasteiger partial charge is 0.396 e. The number of nitrogens with zero attached hydrogens (tertiary/aromatic N) is 3. The normalized spacial score (nSPS) is 17.3. The highest BCUT2D eigenvalue weighted by atomic mass is 19.4. The van der Waals surface area contributed by atoms with Gasteiger partial charge in [-0.3, -0.25) is 0 Å². The number of piperidine rings is 1. The van der Waals surface area contributed by atoms with Crippen molar-refractivity contribution in [2.75, 3.05) is 23.7 Å². The molecule has 19 heavy (non-hydrogen) atoms. The van der Waals surface area contributed by atoms with E-state index in [1.165, 1.54) is 0 Å². The summed E-state index contributed by atoms with van der Waals surface area (Å²) in [6, 6.07) is 5.05. The topological polar surface area (TPSA) is 65.9 Å². The van der Waals surface area contributed by atoms with Crippen LogP contribution in [0.2, 0.25) is 0 Å². The molecule has 1 aromatic rings. The number of halogens is 3. The van der Waals surface area contributed by atoms with Gasteiger partial charge in [0.05, 0.1) is 11.6 Å². The van der Waals surface area contributed by atoms with Crippen molar-refractivity contribution in [3.05, 3.63) is 17.8 Å². The summed E-state index contributed by atoms with van der Waals surface area (Å²) in [4.78, 5) is 5.81. The zero-order chi connectivity index (χ0) is 14.0. The lowest BCUT2D eigenvalue weighted by molar-refractivity contribution is -0.179. The molecule has 2 heterocycles. The van der Waals surface area contributed by atoms with Gasteiger partial charge in [0.25, 0.3) is 0 Å². The number of nitrogen functional groups attached to an aromatic ring is 1. The van der Waals surface area contributed by atoms with E-state index in [1.54, 1.807) is 17.0 Å². The predicted octanol–water partition coefficient (Wildman–Crippen LogP) is 2.31. The Morgan fingerprint density at radius 2 is 1.95 bits per heavy atom. The first-order valence-corrected chi connectivity index (χ1v) is 5.90. The maximum atomic E-state index is 12.5. The number of nitrogens with two attached hydrogens (primary N) is 1. The molecule has 7 heteroatoms. The quantitative estimate of drug-likeness (QED) is 0.850. The molecule has 0 amide bonds. The highest BCUT2D eigenvalue weighted by Crippen LogP contribution is 2.35. The Hall–Kier alpha value is -1.97. The Labute approximate surface area is 108 Å². The number of pyridine rings is 1. The van der Waals surface area contributed by atoms with Crippen molar-refractivity contribution in [1.82, 2.24) is 4.98 Å². The third-order valence-corrected chi connectivity index (χ3v) is 3.30. The summed E-state index contributed by atoms with van der Waals surface area (Å²) in [6.07, 6.45) is -4.02. The highest BCUT2D eigenvalue weighted by molar-refractivity contribution is 5.55. The molecule has 1 aliphatic rings. The molecule has 0 bridgehead atoms. The fourth-order valence-corrected chi connectivity index (χ4v) is 2.16. The summed E-state index contributed by atoms with van der Waals surface area (Å²) < 4.78 is 37.6. The molecule has 4 nitrogen and oxygen atoms in total. The van der Waals surface area contributed by atoms with E-state index in [4.69, 9.17) is 11.0 Å². The van der Waals surface area contributed by atoms with Crippen LogP contribution in [0, 0.1) is 17.2 Å². The molecule has 102 valence electrons. The van der Waals surface area contributed by atoms with E-state index in [9.17, 15) is 13.2 Å². The van der Waals surface area contributed by atoms with Crippen LogP contribution >= 0.6 is 0 Å². The summed E-state index contributed by atoms with van der Waals surface area (Å²) in [5.41, 5.74) is 5.94. The lowest BCUT2D eigenvalue weighted by atomic mass is 9.96. The summed E-state index contributed by atoms with van der Waals surface area (Å²) >= 11 is 0. The molecule has 0 radical (unpaired) electrons. The van der Waals surface area contributed by atoms with Crippen LogP contribution in [0.5, 0.6) is 0 Å². The van der Waals surface area contributed by atoms with Crippen LogP contribution in [-0.4, -0.2) is 24.2 Å². The standard InChI is InChI=1S/C12H13F3N4/c13-12(14,15)8-3-5-19(6-4-8)11-2-1-9(17)10(7-16)18-11/h1-2,8H,3-6,17H2. The minimum atomic E-state index is -4.13. The van der Waals surface area contributed by atoms with E-state index in [2.05, 4.69) is 4.98 Å². The molecular weight excluding hydrogens is 257 g/mol.